The van der Waals surface area contributed by atoms with E-state index in [1.807, 2.05) is 0 Å². The standard InChI is InChI=1S/C15H21F2NO2/c1-15(16,17)11-7-12(10-5-4-6-18-9-10)14(20-3)13(8-11)19-2/h7-8,10,18H,4-6,9H2,1-3H3. The first-order chi connectivity index (χ1) is 9.47. The number of hydrogen-bond acceptors (Lipinski definition) is 3. The highest BCUT2D eigenvalue weighted by molar-refractivity contribution is 5.52. The topological polar surface area (TPSA) is 30.5 Å². The van der Waals surface area contributed by atoms with Crippen molar-refractivity contribution in [2.45, 2.75) is 31.6 Å². The lowest BCUT2D eigenvalue weighted by Crippen LogP contribution is -2.28. The number of ether oxygens (including phenoxy) is 2. The van der Waals surface area contributed by atoms with Crippen LogP contribution in [-0.2, 0) is 5.92 Å². The normalized spacial score (nSPS) is 19.8. The van der Waals surface area contributed by atoms with Gasteiger partial charge in [-0.2, -0.15) is 0 Å². The van der Waals surface area contributed by atoms with Crippen molar-refractivity contribution in [2.24, 2.45) is 0 Å². The largest absolute Gasteiger partial charge is 0.493 e. The minimum atomic E-state index is -2.89. The van der Waals surface area contributed by atoms with Gasteiger partial charge in [-0.3, -0.25) is 0 Å². The number of alkyl halides is 2. The first kappa shape index (κ1) is 15.0. The van der Waals surface area contributed by atoms with Crippen molar-refractivity contribution < 1.29 is 18.3 Å². The molecule has 1 unspecified atom stereocenters. The van der Waals surface area contributed by atoms with Gasteiger partial charge in [-0.05, 0) is 31.5 Å². The van der Waals surface area contributed by atoms with Gasteiger partial charge in [0.1, 0.15) is 0 Å². The lowest BCUT2D eigenvalue weighted by molar-refractivity contribution is 0.0171. The van der Waals surface area contributed by atoms with Crippen LogP contribution in [0.5, 0.6) is 11.5 Å². The van der Waals surface area contributed by atoms with Gasteiger partial charge in [-0.15, -0.1) is 0 Å². The Morgan fingerprint density at radius 2 is 2.00 bits per heavy atom. The molecule has 1 aliphatic rings. The maximum Gasteiger partial charge on any atom is 0.270 e. The monoisotopic (exact) mass is 285 g/mol. The number of rotatable bonds is 4. The molecule has 0 amide bonds. The van der Waals surface area contributed by atoms with Crippen LogP contribution in [0.15, 0.2) is 12.1 Å². The Bertz CT molecular complexity index is 466. The van der Waals surface area contributed by atoms with Gasteiger partial charge in [0.25, 0.3) is 5.92 Å². The second-order valence-electron chi connectivity index (χ2n) is 5.23. The van der Waals surface area contributed by atoms with Gasteiger partial charge in [0.05, 0.1) is 14.2 Å². The number of benzene rings is 1. The van der Waals surface area contributed by atoms with Crippen molar-refractivity contribution >= 4 is 0 Å². The van der Waals surface area contributed by atoms with Gasteiger partial charge in [0.15, 0.2) is 11.5 Å². The Kier molecular flexibility index (Phi) is 4.48. The molecular weight excluding hydrogens is 264 g/mol. The quantitative estimate of drug-likeness (QED) is 0.921. The number of halogens is 2. The smallest absolute Gasteiger partial charge is 0.270 e. The number of piperidine rings is 1. The first-order valence-electron chi connectivity index (χ1n) is 6.82. The van der Waals surface area contributed by atoms with Crippen LogP contribution in [0.3, 0.4) is 0 Å². The summed E-state index contributed by atoms with van der Waals surface area (Å²) in [5, 5.41) is 3.30. The van der Waals surface area contributed by atoms with Crippen molar-refractivity contribution in [1.82, 2.24) is 5.32 Å². The molecule has 1 aromatic carbocycles. The van der Waals surface area contributed by atoms with Crippen LogP contribution in [0.2, 0.25) is 0 Å². The van der Waals surface area contributed by atoms with Gasteiger partial charge in [-0.25, -0.2) is 8.78 Å². The van der Waals surface area contributed by atoms with E-state index in [4.69, 9.17) is 9.47 Å². The summed E-state index contributed by atoms with van der Waals surface area (Å²) in [7, 11) is 3.01. The van der Waals surface area contributed by atoms with Gasteiger partial charge < -0.3 is 14.8 Å². The van der Waals surface area contributed by atoms with Crippen molar-refractivity contribution in [2.75, 3.05) is 27.3 Å². The highest BCUT2D eigenvalue weighted by Crippen LogP contribution is 2.42. The summed E-state index contributed by atoms with van der Waals surface area (Å²) in [6.07, 6.45) is 1.99. The predicted molar refractivity (Wildman–Crippen MR) is 74.0 cm³/mol. The van der Waals surface area contributed by atoms with E-state index in [-0.39, 0.29) is 11.5 Å². The van der Waals surface area contributed by atoms with Crippen LogP contribution in [0, 0.1) is 0 Å². The minimum Gasteiger partial charge on any atom is -0.493 e. The zero-order valence-corrected chi connectivity index (χ0v) is 12.1. The van der Waals surface area contributed by atoms with Crippen molar-refractivity contribution in [3.63, 3.8) is 0 Å². The molecule has 1 N–H and O–H groups in total. The molecule has 1 aliphatic heterocycles. The molecule has 3 nitrogen and oxygen atoms in total. The maximum absolute atomic E-state index is 13.6. The van der Waals surface area contributed by atoms with E-state index >= 15 is 0 Å². The highest BCUT2D eigenvalue weighted by Gasteiger charge is 2.30. The molecule has 0 aliphatic carbocycles. The highest BCUT2D eigenvalue weighted by atomic mass is 19.3. The van der Waals surface area contributed by atoms with Crippen LogP contribution in [0.4, 0.5) is 8.78 Å². The van der Waals surface area contributed by atoms with E-state index in [2.05, 4.69) is 5.32 Å². The average Bonchev–Trinajstić information content (AvgIpc) is 2.45. The molecule has 1 aromatic rings. The van der Waals surface area contributed by atoms with Gasteiger partial charge >= 0.3 is 0 Å². The van der Waals surface area contributed by atoms with Gasteiger partial charge in [-0.1, -0.05) is 0 Å². The number of nitrogens with one attached hydrogen (secondary N) is 1. The summed E-state index contributed by atoms with van der Waals surface area (Å²) >= 11 is 0. The maximum atomic E-state index is 13.6. The molecule has 5 heteroatoms. The zero-order valence-electron chi connectivity index (χ0n) is 12.1. The van der Waals surface area contributed by atoms with Crippen LogP contribution >= 0.6 is 0 Å². The summed E-state index contributed by atoms with van der Waals surface area (Å²) in [5.41, 5.74) is 0.770. The van der Waals surface area contributed by atoms with E-state index in [1.54, 1.807) is 13.2 Å². The second-order valence-corrected chi connectivity index (χ2v) is 5.23. The molecule has 1 fully saturated rings. The van der Waals surface area contributed by atoms with Crippen molar-refractivity contribution in [3.05, 3.63) is 23.3 Å². The van der Waals surface area contributed by atoms with E-state index in [0.717, 1.165) is 38.4 Å². The fourth-order valence-corrected chi connectivity index (χ4v) is 2.67. The van der Waals surface area contributed by atoms with E-state index in [1.165, 1.54) is 13.2 Å². The Morgan fingerprint density at radius 1 is 1.25 bits per heavy atom. The van der Waals surface area contributed by atoms with E-state index < -0.39 is 5.92 Å². The molecule has 0 bridgehead atoms. The molecule has 0 saturated carbocycles. The minimum absolute atomic E-state index is 0.0317. The third-order valence-electron chi connectivity index (χ3n) is 3.75. The molecular formula is C15H21F2NO2. The van der Waals surface area contributed by atoms with Crippen LogP contribution in [0.1, 0.15) is 36.8 Å². The van der Waals surface area contributed by atoms with Crippen LogP contribution in [-0.4, -0.2) is 27.3 Å². The first-order valence-corrected chi connectivity index (χ1v) is 6.82. The van der Waals surface area contributed by atoms with Crippen LogP contribution < -0.4 is 14.8 Å². The Labute approximate surface area is 118 Å². The summed E-state index contributed by atoms with van der Waals surface area (Å²) in [6, 6.07) is 2.91. The summed E-state index contributed by atoms with van der Waals surface area (Å²) in [6.45, 7) is 2.65. The van der Waals surface area contributed by atoms with Crippen molar-refractivity contribution in [3.8, 4) is 11.5 Å². The summed E-state index contributed by atoms with van der Waals surface area (Å²) in [5.74, 6) is -1.78. The summed E-state index contributed by atoms with van der Waals surface area (Å²) < 4.78 is 37.9. The average molecular weight is 285 g/mol. The third-order valence-corrected chi connectivity index (χ3v) is 3.75. The van der Waals surface area contributed by atoms with Gasteiger partial charge in [0, 0.05) is 30.5 Å². The molecule has 1 atom stereocenters. The Morgan fingerprint density at radius 3 is 2.50 bits per heavy atom. The fraction of sp³-hybridized carbons (Fsp3) is 0.600. The third kappa shape index (κ3) is 3.03. The molecule has 20 heavy (non-hydrogen) atoms. The number of methoxy groups -OCH3 is 2. The molecule has 0 spiro atoms. The Balaban J connectivity index is 2.50. The molecule has 2 rings (SSSR count). The van der Waals surface area contributed by atoms with Gasteiger partial charge in [0.2, 0.25) is 0 Å². The summed E-state index contributed by atoms with van der Waals surface area (Å²) in [4.78, 5) is 0. The molecule has 1 saturated heterocycles. The zero-order chi connectivity index (χ0) is 14.8. The lowest BCUT2D eigenvalue weighted by Gasteiger charge is -2.27. The second kappa shape index (κ2) is 5.95. The van der Waals surface area contributed by atoms with Crippen molar-refractivity contribution in [1.29, 1.82) is 0 Å². The fourth-order valence-electron chi connectivity index (χ4n) is 2.67. The molecule has 112 valence electrons. The lowest BCUT2D eigenvalue weighted by atomic mass is 9.89. The SMILES string of the molecule is COc1cc(C(C)(F)F)cc(C2CCCNC2)c1OC. The van der Waals surface area contributed by atoms with E-state index in [0.29, 0.717) is 11.5 Å². The predicted octanol–water partition coefficient (Wildman–Crippen LogP) is 3.28. The van der Waals surface area contributed by atoms with E-state index in [9.17, 15) is 8.78 Å². The van der Waals surface area contributed by atoms with Crippen LogP contribution in [0.25, 0.3) is 0 Å². The molecule has 0 aromatic heterocycles. The number of hydrogen-bond donors (Lipinski definition) is 1. The Hall–Kier alpha value is -1.36. The molecule has 0 radical (unpaired) electrons. The molecule has 1 heterocycles.